The average Bonchev–Trinajstić information content (AvgIpc) is 2.39. The van der Waals surface area contributed by atoms with E-state index in [1.54, 1.807) is 19.2 Å². The van der Waals surface area contributed by atoms with Crippen LogP contribution in [0.2, 0.25) is 0 Å². The number of sulfonamides is 1. The lowest BCUT2D eigenvalue weighted by Crippen LogP contribution is -2.27. The van der Waals surface area contributed by atoms with Gasteiger partial charge in [-0.2, -0.15) is 0 Å². The van der Waals surface area contributed by atoms with Gasteiger partial charge in [-0.1, -0.05) is 19.9 Å². The maximum atomic E-state index is 12.3. The third kappa shape index (κ3) is 4.27. The van der Waals surface area contributed by atoms with Crippen molar-refractivity contribution in [3.63, 3.8) is 0 Å². The number of hydrogen-bond acceptors (Lipinski definition) is 3. The SMILES string of the molecule is CCCNCc1ccc(Br)c(S(=O)(=O)N(C)CC)c1. The molecule has 1 aromatic carbocycles. The normalized spacial score (nSPS) is 12.1. The van der Waals surface area contributed by atoms with Crippen molar-refractivity contribution < 1.29 is 8.42 Å². The van der Waals surface area contributed by atoms with Gasteiger partial charge in [0, 0.05) is 24.6 Å². The molecule has 0 fully saturated rings. The van der Waals surface area contributed by atoms with E-state index in [2.05, 4.69) is 28.2 Å². The molecule has 0 aromatic heterocycles. The summed E-state index contributed by atoms with van der Waals surface area (Å²) in [5.41, 5.74) is 0.972. The van der Waals surface area contributed by atoms with Crippen LogP contribution in [0.1, 0.15) is 25.8 Å². The van der Waals surface area contributed by atoms with Gasteiger partial charge >= 0.3 is 0 Å². The van der Waals surface area contributed by atoms with Crippen LogP contribution in [0.3, 0.4) is 0 Å². The van der Waals surface area contributed by atoms with Crippen molar-refractivity contribution in [1.82, 2.24) is 9.62 Å². The summed E-state index contributed by atoms with van der Waals surface area (Å²) < 4.78 is 26.6. The fourth-order valence-corrected chi connectivity index (χ4v) is 3.75. The van der Waals surface area contributed by atoms with Crippen LogP contribution in [0.4, 0.5) is 0 Å². The molecule has 0 heterocycles. The zero-order valence-electron chi connectivity index (χ0n) is 11.6. The van der Waals surface area contributed by atoms with Crippen molar-refractivity contribution in [3.8, 4) is 0 Å². The highest BCUT2D eigenvalue weighted by Gasteiger charge is 2.22. The second-order valence-corrected chi connectivity index (χ2v) is 7.23. The van der Waals surface area contributed by atoms with Crippen molar-refractivity contribution >= 4 is 26.0 Å². The second kappa shape index (κ2) is 7.38. The van der Waals surface area contributed by atoms with Crippen LogP contribution < -0.4 is 5.32 Å². The largest absolute Gasteiger partial charge is 0.313 e. The molecule has 0 spiro atoms. The molecule has 0 saturated carbocycles. The number of benzene rings is 1. The molecule has 108 valence electrons. The van der Waals surface area contributed by atoms with Gasteiger partial charge in [0.25, 0.3) is 0 Å². The van der Waals surface area contributed by atoms with E-state index < -0.39 is 10.0 Å². The van der Waals surface area contributed by atoms with Crippen molar-refractivity contribution in [1.29, 1.82) is 0 Å². The minimum Gasteiger partial charge on any atom is -0.313 e. The predicted molar refractivity (Wildman–Crippen MR) is 81.6 cm³/mol. The molecule has 1 rings (SSSR count). The maximum absolute atomic E-state index is 12.3. The molecule has 1 N–H and O–H groups in total. The summed E-state index contributed by atoms with van der Waals surface area (Å²) in [7, 11) is -1.83. The number of hydrogen-bond donors (Lipinski definition) is 1. The van der Waals surface area contributed by atoms with E-state index in [1.165, 1.54) is 4.31 Å². The first-order valence-electron chi connectivity index (χ1n) is 6.39. The van der Waals surface area contributed by atoms with Gasteiger partial charge in [-0.25, -0.2) is 12.7 Å². The summed E-state index contributed by atoms with van der Waals surface area (Å²) in [6.07, 6.45) is 1.06. The van der Waals surface area contributed by atoms with Gasteiger partial charge in [0.1, 0.15) is 0 Å². The third-order valence-corrected chi connectivity index (χ3v) is 5.81. The summed E-state index contributed by atoms with van der Waals surface area (Å²) in [5, 5.41) is 3.27. The van der Waals surface area contributed by atoms with Crippen LogP contribution in [-0.4, -0.2) is 32.9 Å². The van der Waals surface area contributed by atoms with Crippen LogP contribution in [0.15, 0.2) is 27.6 Å². The van der Waals surface area contributed by atoms with Crippen molar-refractivity contribution in [3.05, 3.63) is 28.2 Å². The Balaban J connectivity index is 3.04. The number of nitrogens with one attached hydrogen (secondary N) is 1. The van der Waals surface area contributed by atoms with Gasteiger partial charge in [-0.3, -0.25) is 0 Å². The Morgan fingerprint density at radius 3 is 2.58 bits per heavy atom. The number of rotatable bonds is 7. The Morgan fingerprint density at radius 2 is 2.00 bits per heavy atom. The van der Waals surface area contributed by atoms with Crippen molar-refractivity contribution in [2.45, 2.75) is 31.7 Å². The highest BCUT2D eigenvalue weighted by atomic mass is 79.9. The smallest absolute Gasteiger partial charge is 0.243 e. The molecule has 0 unspecified atom stereocenters. The van der Waals surface area contributed by atoms with Crippen LogP contribution in [0.5, 0.6) is 0 Å². The molecular weight excluding hydrogens is 328 g/mol. The summed E-state index contributed by atoms with van der Waals surface area (Å²) >= 11 is 3.32. The fraction of sp³-hybridized carbons (Fsp3) is 0.538. The molecule has 0 saturated heterocycles. The number of nitrogens with zero attached hydrogens (tertiary/aromatic N) is 1. The zero-order valence-corrected chi connectivity index (χ0v) is 14.0. The summed E-state index contributed by atoms with van der Waals surface area (Å²) in [6, 6.07) is 5.45. The molecule has 6 heteroatoms. The van der Waals surface area contributed by atoms with E-state index >= 15 is 0 Å². The molecule has 0 aliphatic rings. The molecule has 0 atom stereocenters. The molecule has 19 heavy (non-hydrogen) atoms. The first-order chi connectivity index (χ1) is 8.93. The molecule has 0 aliphatic heterocycles. The third-order valence-electron chi connectivity index (χ3n) is 2.89. The molecule has 0 bridgehead atoms. The molecule has 0 amide bonds. The standard InChI is InChI=1S/C13H21BrN2O2S/c1-4-8-15-10-11-6-7-12(14)13(9-11)19(17,18)16(3)5-2/h6-7,9,15H,4-5,8,10H2,1-3H3. The van der Waals surface area contributed by atoms with Crippen LogP contribution >= 0.6 is 15.9 Å². The average molecular weight is 349 g/mol. The first-order valence-corrected chi connectivity index (χ1v) is 8.62. The Labute approximate surface area is 124 Å². The van der Waals surface area contributed by atoms with Gasteiger partial charge in [0.15, 0.2) is 0 Å². The van der Waals surface area contributed by atoms with Crippen molar-refractivity contribution in [2.75, 3.05) is 20.1 Å². The van der Waals surface area contributed by atoms with Gasteiger partial charge in [-0.15, -0.1) is 0 Å². The monoisotopic (exact) mass is 348 g/mol. The predicted octanol–water partition coefficient (Wildman–Crippen LogP) is 2.59. The molecule has 0 aliphatic carbocycles. The highest BCUT2D eigenvalue weighted by Crippen LogP contribution is 2.25. The summed E-state index contributed by atoms with van der Waals surface area (Å²) in [4.78, 5) is 0.327. The lowest BCUT2D eigenvalue weighted by Gasteiger charge is -2.17. The quantitative estimate of drug-likeness (QED) is 0.770. The van der Waals surface area contributed by atoms with Crippen LogP contribution in [0, 0.1) is 0 Å². The Hall–Kier alpha value is -0.430. The van der Waals surface area contributed by atoms with Crippen LogP contribution in [-0.2, 0) is 16.6 Å². The minimum atomic E-state index is -3.41. The topological polar surface area (TPSA) is 49.4 Å². The molecule has 0 radical (unpaired) electrons. The van der Waals surface area contributed by atoms with Gasteiger partial charge in [-0.05, 0) is 46.6 Å². The van der Waals surface area contributed by atoms with E-state index in [9.17, 15) is 8.42 Å². The molecular formula is C13H21BrN2O2S. The van der Waals surface area contributed by atoms with E-state index in [0.29, 0.717) is 22.5 Å². The zero-order chi connectivity index (χ0) is 14.5. The van der Waals surface area contributed by atoms with E-state index in [1.807, 2.05) is 13.0 Å². The number of halogens is 1. The molecule has 1 aromatic rings. The van der Waals surface area contributed by atoms with Gasteiger partial charge < -0.3 is 5.32 Å². The first kappa shape index (κ1) is 16.6. The van der Waals surface area contributed by atoms with E-state index in [-0.39, 0.29) is 0 Å². The Kier molecular flexibility index (Phi) is 6.46. The van der Waals surface area contributed by atoms with E-state index in [4.69, 9.17) is 0 Å². The van der Waals surface area contributed by atoms with Crippen molar-refractivity contribution in [2.24, 2.45) is 0 Å². The van der Waals surface area contributed by atoms with Gasteiger partial charge in [0.05, 0.1) is 4.90 Å². The Morgan fingerprint density at radius 1 is 1.32 bits per heavy atom. The summed E-state index contributed by atoms with van der Waals surface area (Å²) in [5.74, 6) is 0. The fourth-order valence-electron chi connectivity index (χ4n) is 1.60. The maximum Gasteiger partial charge on any atom is 0.243 e. The lowest BCUT2D eigenvalue weighted by atomic mass is 10.2. The summed E-state index contributed by atoms with van der Waals surface area (Å²) in [6.45, 7) is 5.97. The van der Waals surface area contributed by atoms with Gasteiger partial charge in [0.2, 0.25) is 10.0 Å². The lowest BCUT2D eigenvalue weighted by molar-refractivity contribution is 0.486. The molecule has 4 nitrogen and oxygen atoms in total. The minimum absolute atomic E-state index is 0.327. The Bertz CT molecular complexity index is 517. The van der Waals surface area contributed by atoms with Crippen LogP contribution in [0.25, 0.3) is 0 Å². The second-order valence-electron chi connectivity index (χ2n) is 4.36. The van der Waals surface area contributed by atoms with E-state index in [0.717, 1.165) is 18.5 Å². The highest BCUT2D eigenvalue weighted by molar-refractivity contribution is 9.10.